The van der Waals surface area contributed by atoms with Gasteiger partial charge in [-0.3, -0.25) is 0 Å². The predicted molar refractivity (Wildman–Crippen MR) is 42.4 cm³/mol. The molecule has 0 spiro atoms. The summed E-state index contributed by atoms with van der Waals surface area (Å²) in [5, 5.41) is 10.4. The maximum atomic E-state index is 10.9. The molecule has 1 rings (SSSR count). The number of benzene rings is 1. The summed E-state index contributed by atoms with van der Waals surface area (Å²) >= 11 is 5.58. The summed E-state index contributed by atoms with van der Waals surface area (Å²) in [5.74, 6) is -0.623. The molecule has 1 aromatic rings. The van der Waals surface area contributed by atoms with Gasteiger partial charge in [0.2, 0.25) is 6.79 Å². The molecule has 1 radical (unpaired) electrons. The summed E-state index contributed by atoms with van der Waals surface area (Å²) in [5.41, 5.74) is 0.329. The molecule has 0 fully saturated rings. The third kappa shape index (κ3) is 2.22. The van der Waals surface area contributed by atoms with Gasteiger partial charge in [0.25, 0.3) is 0 Å². The molecule has 63 valence electrons. The molecule has 4 heteroatoms. The lowest BCUT2D eigenvalue weighted by molar-refractivity contribution is -0.0215. The van der Waals surface area contributed by atoms with Crippen molar-refractivity contribution in [3.05, 3.63) is 34.9 Å². The molecule has 0 aromatic heterocycles. The molecule has 0 aliphatic carbocycles. The van der Waals surface area contributed by atoms with Crippen molar-refractivity contribution < 1.29 is 14.6 Å². The molecule has 1 aromatic carbocycles. The van der Waals surface area contributed by atoms with E-state index in [0.717, 1.165) is 0 Å². The summed E-state index contributed by atoms with van der Waals surface area (Å²) in [4.78, 5) is 10.9. The Morgan fingerprint density at radius 3 is 2.42 bits per heavy atom. The minimum Gasteiger partial charge on any atom is -0.432 e. The highest BCUT2D eigenvalue weighted by Crippen LogP contribution is 2.09. The van der Waals surface area contributed by atoms with E-state index < -0.39 is 12.8 Å². The van der Waals surface area contributed by atoms with Crippen LogP contribution in [0.3, 0.4) is 0 Å². The molecule has 0 saturated heterocycles. The average molecular weight is 186 g/mol. The molecule has 0 heterocycles. The Balaban J connectivity index is 2.75. The van der Waals surface area contributed by atoms with Crippen LogP contribution in [0.5, 0.6) is 0 Å². The number of hydrogen-bond donors (Lipinski definition) is 0. The van der Waals surface area contributed by atoms with Gasteiger partial charge in [0, 0.05) is 5.02 Å². The summed E-state index contributed by atoms with van der Waals surface area (Å²) in [6.45, 7) is -0.860. The van der Waals surface area contributed by atoms with Crippen molar-refractivity contribution in [1.82, 2.24) is 0 Å². The van der Waals surface area contributed by atoms with Crippen molar-refractivity contribution in [2.75, 3.05) is 6.79 Å². The predicted octanol–water partition coefficient (Wildman–Crippen LogP) is 1.88. The minimum atomic E-state index is -0.860. The summed E-state index contributed by atoms with van der Waals surface area (Å²) in [6.07, 6.45) is 0. The third-order valence-corrected chi connectivity index (χ3v) is 1.52. The smallest absolute Gasteiger partial charge is 0.340 e. The van der Waals surface area contributed by atoms with E-state index in [-0.39, 0.29) is 0 Å². The van der Waals surface area contributed by atoms with Gasteiger partial charge < -0.3 is 4.74 Å². The van der Waals surface area contributed by atoms with Crippen LogP contribution in [-0.2, 0) is 9.84 Å². The van der Waals surface area contributed by atoms with E-state index in [2.05, 4.69) is 4.74 Å². The maximum absolute atomic E-state index is 10.9. The first-order chi connectivity index (χ1) is 5.74. The molecule has 3 nitrogen and oxygen atoms in total. The van der Waals surface area contributed by atoms with Crippen LogP contribution >= 0.6 is 11.6 Å². The van der Waals surface area contributed by atoms with Gasteiger partial charge >= 0.3 is 5.97 Å². The van der Waals surface area contributed by atoms with E-state index in [1.54, 1.807) is 12.1 Å². The average Bonchev–Trinajstić information content (AvgIpc) is 2.06. The van der Waals surface area contributed by atoms with E-state index in [1.807, 2.05) is 0 Å². The number of hydrogen-bond acceptors (Lipinski definition) is 2. The molecule has 0 amide bonds. The first-order valence-corrected chi connectivity index (χ1v) is 3.62. The molecule has 0 N–H and O–H groups in total. The van der Waals surface area contributed by atoms with Gasteiger partial charge in [-0.25, -0.2) is 4.79 Å². The second kappa shape index (κ2) is 4.09. The largest absolute Gasteiger partial charge is 0.432 e. The van der Waals surface area contributed by atoms with Crippen LogP contribution < -0.4 is 0 Å². The van der Waals surface area contributed by atoms with Gasteiger partial charge in [-0.05, 0) is 24.3 Å². The van der Waals surface area contributed by atoms with Crippen molar-refractivity contribution in [3.63, 3.8) is 0 Å². The Bertz CT molecular complexity index is 268. The molecule has 0 atom stereocenters. The molecule has 0 unspecified atom stereocenters. The minimum absolute atomic E-state index is 0.329. The van der Waals surface area contributed by atoms with Crippen LogP contribution in [0.2, 0.25) is 5.02 Å². The fourth-order valence-corrected chi connectivity index (χ4v) is 0.849. The van der Waals surface area contributed by atoms with E-state index in [4.69, 9.17) is 11.6 Å². The van der Waals surface area contributed by atoms with Crippen LogP contribution in [0.1, 0.15) is 10.4 Å². The number of carbonyl (C=O) groups excluding carboxylic acids is 1. The van der Waals surface area contributed by atoms with Gasteiger partial charge in [-0.2, -0.15) is 5.11 Å². The zero-order valence-corrected chi connectivity index (χ0v) is 6.88. The lowest BCUT2D eigenvalue weighted by Gasteiger charge is -1.98. The van der Waals surface area contributed by atoms with Crippen LogP contribution in [0.4, 0.5) is 0 Å². The first kappa shape index (κ1) is 9.03. The Morgan fingerprint density at radius 1 is 1.33 bits per heavy atom. The second-order valence-electron chi connectivity index (χ2n) is 2.06. The van der Waals surface area contributed by atoms with Crippen molar-refractivity contribution in [2.45, 2.75) is 0 Å². The third-order valence-electron chi connectivity index (χ3n) is 1.27. The number of esters is 1. The summed E-state index contributed by atoms with van der Waals surface area (Å²) in [6, 6.07) is 6.12. The molecule has 0 aliphatic rings. The Kier molecular flexibility index (Phi) is 3.08. The number of ether oxygens (including phenoxy) is 1. The summed E-state index contributed by atoms with van der Waals surface area (Å²) in [7, 11) is 0. The quantitative estimate of drug-likeness (QED) is 0.522. The number of halogens is 1. The normalized spacial score (nSPS) is 9.50. The van der Waals surface area contributed by atoms with E-state index in [0.29, 0.717) is 10.6 Å². The number of carbonyl (C=O) groups is 1. The fraction of sp³-hybridized carbons (Fsp3) is 0.125. The standard InChI is InChI=1S/C8H6ClO3/c9-7-3-1-6(2-4-7)8(11)12-5-10/h1-4H,5H2. The highest BCUT2D eigenvalue weighted by molar-refractivity contribution is 6.30. The van der Waals surface area contributed by atoms with Crippen molar-refractivity contribution in [3.8, 4) is 0 Å². The van der Waals surface area contributed by atoms with Crippen molar-refractivity contribution in [1.29, 1.82) is 0 Å². The van der Waals surface area contributed by atoms with Crippen LogP contribution in [0, 0.1) is 0 Å². The van der Waals surface area contributed by atoms with Gasteiger partial charge in [0.05, 0.1) is 5.56 Å². The van der Waals surface area contributed by atoms with Crippen LogP contribution in [-0.4, -0.2) is 12.8 Å². The Hall–Kier alpha value is -1.06. The molecular weight excluding hydrogens is 180 g/mol. The van der Waals surface area contributed by atoms with Crippen molar-refractivity contribution >= 4 is 17.6 Å². The summed E-state index contributed by atoms with van der Waals surface area (Å²) < 4.78 is 4.23. The van der Waals surface area contributed by atoms with E-state index in [9.17, 15) is 9.90 Å². The maximum Gasteiger partial charge on any atom is 0.340 e. The molecule has 0 aliphatic heterocycles. The zero-order valence-electron chi connectivity index (χ0n) is 6.12. The highest BCUT2D eigenvalue weighted by Gasteiger charge is 2.04. The van der Waals surface area contributed by atoms with Gasteiger partial charge in [0.15, 0.2) is 0 Å². The fourth-order valence-electron chi connectivity index (χ4n) is 0.723. The zero-order chi connectivity index (χ0) is 8.97. The van der Waals surface area contributed by atoms with Gasteiger partial charge in [0.1, 0.15) is 0 Å². The molecule has 12 heavy (non-hydrogen) atoms. The lowest BCUT2D eigenvalue weighted by Crippen LogP contribution is -2.04. The molecule has 0 saturated carbocycles. The van der Waals surface area contributed by atoms with E-state index >= 15 is 0 Å². The second-order valence-corrected chi connectivity index (χ2v) is 2.49. The van der Waals surface area contributed by atoms with Crippen LogP contribution in [0.15, 0.2) is 24.3 Å². The molecule has 0 bridgehead atoms. The first-order valence-electron chi connectivity index (χ1n) is 3.25. The Labute approximate surface area is 74.5 Å². The van der Waals surface area contributed by atoms with Crippen molar-refractivity contribution in [2.24, 2.45) is 0 Å². The molecular formula is C8H6ClO3. The SMILES string of the molecule is [O]COC(=O)c1ccc(Cl)cc1. The van der Waals surface area contributed by atoms with Crippen LogP contribution in [0.25, 0.3) is 0 Å². The van der Waals surface area contributed by atoms with Gasteiger partial charge in [-0.1, -0.05) is 11.6 Å². The Morgan fingerprint density at radius 2 is 1.92 bits per heavy atom. The van der Waals surface area contributed by atoms with E-state index in [1.165, 1.54) is 12.1 Å². The topological polar surface area (TPSA) is 46.2 Å². The van der Waals surface area contributed by atoms with Gasteiger partial charge in [-0.15, -0.1) is 0 Å². The highest BCUT2D eigenvalue weighted by atomic mass is 35.5. The monoisotopic (exact) mass is 185 g/mol. The number of rotatable bonds is 2. The lowest BCUT2D eigenvalue weighted by atomic mass is 10.2.